The molecule has 0 radical (unpaired) electrons. The number of benzene rings is 3. The van der Waals surface area contributed by atoms with Crippen molar-refractivity contribution in [2.45, 2.75) is 6.61 Å². The predicted octanol–water partition coefficient (Wildman–Crippen LogP) is 5.10. The van der Waals surface area contributed by atoms with Gasteiger partial charge < -0.3 is 4.74 Å². The van der Waals surface area contributed by atoms with Crippen LogP contribution in [0.3, 0.4) is 0 Å². The van der Waals surface area contributed by atoms with Crippen molar-refractivity contribution in [3.63, 3.8) is 0 Å². The van der Waals surface area contributed by atoms with Crippen LogP contribution in [0.4, 0.5) is 0 Å². The van der Waals surface area contributed by atoms with Gasteiger partial charge in [0.15, 0.2) is 0 Å². The average Bonchev–Trinajstić information content (AvgIpc) is 3.09. The molecule has 3 nitrogen and oxygen atoms in total. The molecule has 0 aliphatic carbocycles. The van der Waals surface area contributed by atoms with Crippen LogP contribution >= 0.6 is 0 Å². The third kappa shape index (κ3) is 2.24. The number of hydrogen-bond donors (Lipinski definition) is 0. The molecule has 1 aliphatic rings. The van der Waals surface area contributed by atoms with Crippen molar-refractivity contribution in [3.05, 3.63) is 90.5 Å². The zero-order valence-electron chi connectivity index (χ0n) is 13.6. The Balaban J connectivity index is 1.82. The molecule has 1 aliphatic heterocycles. The van der Waals surface area contributed by atoms with Crippen molar-refractivity contribution in [2.75, 3.05) is 0 Å². The van der Waals surface area contributed by atoms with Gasteiger partial charge in [-0.25, -0.2) is 4.68 Å². The summed E-state index contributed by atoms with van der Waals surface area (Å²) in [7, 11) is 0. The van der Waals surface area contributed by atoms with E-state index < -0.39 is 0 Å². The fourth-order valence-electron chi connectivity index (χ4n) is 3.39. The molecule has 0 amide bonds. The molecule has 0 bridgehead atoms. The Morgan fingerprint density at radius 1 is 0.760 bits per heavy atom. The van der Waals surface area contributed by atoms with Crippen LogP contribution in [0.25, 0.3) is 28.2 Å². The maximum Gasteiger partial charge on any atom is 0.129 e. The van der Waals surface area contributed by atoms with E-state index in [0.717, 1.165) is 39.5 Å². The molecule has 3 heteroatoms. The third-order valence-electron chi connectivity index (χ3n) is 4.55. The van der Waals surface area contributed by atoms with E-state index in [1.807, 2.05) is 59.3 Å². The average molecular weight is 324 g/mol. The summed E-state index contributed by atoms with van der Waals surface area (Å²) in [5.74, 6) is 0.909. The molecule has 5 rings (SSSR count). The lowest BCUT2D eigenvalue weighted by atomic mass is 9.99. The molecular weight excluding hydrogens is 308 g/mol. The molecule has 0 N–H and O–H groups in total. The van der Waals surface area contributed by atoms with E-state index in [0.29, 0.717) is 6.61 Å². The Hall–Kier alpha value is -3.33. The minimum Gasteiger partial charge on any atom is -0.488 e. The molecule has 1 aromatic heterocycles. The van der Waals surface area contributed by atoms with Gasteiger partial charge in [0.2, 0.25) is 0 Å². The van der Waals surface area contributed by atoms with Gasteiger partial charge >= 0.3 is 0 Å². The number of aromatic nitrogens is 2. The summed E-state index contributed by atoms with van der Waals surface area (Å²) in [6, 6.07) is 28.7. The lowest BCUT2D eigenvalue weighted by molar-refractivity contribution is 0.302. The molecule has 25 heavy (non-hydrogen) atoms. The molecule has 0 spiro atoms. The topological polar surface area (TPSA) is 27.1 Å². The molecule has 0 saturated heterocycles. The minimum atomic E-state index is 0.531. The first-order valence-corrected chi connectivity index (χ1v) is 8.37. The van der Waals surface area contributed by atoms with Crippen LogP contribution in [0.15, 0.2) is 84.9 Å². The van der Waals surface area contributed by atoms with Crippen molar-refractivity contribution >= 4 is 0 Å². The summed E-state index contributed by atoms with van der Waals surface area (Å²) in [5, 5.41) is 4.97. The standard InChI is InChI=1S/C22H16N2O/c1-3-9-16(10-4-1)21-19-15-25-20-14-8-7-13-18(20)22(19)24(23-21)17-11-5-2-6-12-17/h1-14H,15H2. The van der Waals surface area contributed by atoms with E-state index in [1.54, 1.807) is 0 Å². The smallest absolute Gasteiger partial charge is 0.129 e. The number of para-hydroxylation sites is 2. The van der Waals surface area contributed by atoms with E-state index in [9.17, 15) is 0 Å². The Bertz CT molecular complexity index is 1040. The van der Waals surface area contributed by atoms with Crippen LogP contribution in [0.5, 0.6) is 5.75 Å². The normalized spacial score (nSPS) is 12.2. The van der Waals surface area contributed by atoms with Crippen LogP contribution in [0.2, 0.25) is 0 Å². The highest BCUT2D eigenvalue weighted by atomic mass is 16.5. The molecule has 4 aromatic rings. The van der Waals surface area contributed by atoms with E-state index in [1.165, 1.54) is 0 Å². The summed E-state index contributed by atoms with van der Waals surface area (Å²) in [6.45, 7) is 0.531. The minimum absolute atomic E-state index is 0.531. The quantitative estimate of drug-likeness (QED) is 0.513. The number of rotatable bonds is 2. The van der Waals surface area contributed by atoms with Gasteiger partial charge in [0.05, 0.1) is 11.4 Å². The van der Waals surface area contributed by atoms with Gasteiger partial charge in [0.25, 0.3) is 0 Å². The summed E-state index contributed by atoms with van der Waals surface area (Å²) < 4.78 is 8.05. The van der Waals surface area contributed by atoms with Crippen molar-refractivity contribution in [3.8, 4) is 34.0 Å². The van der Waals surface area contributed by atoms with Crippen LogP contribution in [0.1, 0.15) is 5.56 Å². The van der Waals surface area contributed by atoms with Gasteiger partial charge in [0, 0.05) is 16.7 Å². The maximum atomic E-state index is 6.01. The van der Waals surface area contributed by atoms with Crippen LogP contribution in [-0.2, 0) is 6.61 Å². The van der Waals surface area contributed by atoms with E-state index >= 15 is 0 Å². The molecule has 2 heterocycles. The monoisotopic (exact) mass is 324 g/mol. The van der Waals surface area contributed by atoms with Crippen molar-refractivity contribution in [2.24, 2.45) is 0 Å². The van der Waals surface area contributed by atoms with Crippen LogP contribution < -0.4 is 4.74 Å². The number of ether oxygens (including phenoxy) is 1. The highest BCUT2D eigenvalue weighted by molar-refractivity contribution is 5.80. The van der Waals surface area contributed by atoms with Crippen LogP contribution in [-0.4, -0.2) is 9.78 Å². The van der Waals surface area contributed by atoms with Gasteiger partial charge in [-0.1, -0.05) is 60.7 Å². The fourth-order valence-corrected chi connectivity index (χ4v) is 3.39. The third-order valence-corrected chi connectivity index (χ3v) is 4.55. The van der Waals surface area contributed by atoms with Gasteiger partial charge in [-0.15, -0.1) is 0 Å². The summed E-state index contributed by atoms with van der Waals surface area (Å²) >= 11 is 0. The fraction of sp³-hybridized carbons (Fsp3) is 0.0455. The second-order valence-corrected chi connectivity index (χ2v) is 6.07. The van der Waals surface area contributed by atoms with Crippen molar-refractivity contribution < 1.29 is 4.74 Å². The van der Waals surface area contributed by atoms with E-state index in [4.69, 9.17) is 9.84 Å². The van der Waals surface area contributed by atoms with Gasteiger partial charge in [-0.05, 0) is 24.3 Å². The maximum absolute atomic E-state index is 6.01. The molecule has 0 unspecified atom stereocenters. The second kappa shape index (κ2) is 5.64. The molecule has 120 valence electrons. The molecule has 0 saturated carbocycles. The molecule has 0 fully saturated rings. The Kier molecular flexibility index (Phi) is 3.17. The zero-order valence-corrected chi connectivity index (χ0v) is 13.6. The number of hydrogen-bond acceptors (Lipinski definition) is 2. The molecular formula is C22H16N2O. The van der Waals surface area contributed by atoms with E-state index in [2.05, 4.69) is 30.3 Å². The summed E-state index contributed by atoms with van der Waals surface area (Å²) in [6.07, 6.45) is 0. The lowest BCUT2D eigenvalue weighted by Crippen LogP contribution is -2.07. The highest BCUT2D eigenvalue weighted by Gasteiger charge is 2.27. The Morgan fingerprint density at radius 2 is 1.44 bits per heavy atom. The summed E-state index contributed by atoms with van der Waals surface area (Å²) in [4.78, 5) is 0. The van der Waals surface area contributed by atoms with Gasteiger partial charge in [-0.3, -0.25) is 0 Å². The Labute approximate surface area is 146 Å². The van der Waals surface area contributed by atoms with Crippen molar-refractivity contribution in [1.29, 1.82) is 0 Å². The first-order valence-electron chi connectivity index (χ1n) is 8.37. The number of fused-ring (bicyclic) bond motifs is 3. The Morgan fingerprint density at radius 3 is 2.24 bits per heavy atom. The SMILES string of the molecule is c1ccc(-c2nn(-c3ccccc3)c3c2COc2ccccc2-3)cc1. The zero-order chi connectivity index (χ0) is 16.6. The predicted molar refractivity (Wildman–Crippen MR) is 98.8 cm³/mol. The van der Waals surface area contributed by atoms with E-state index in [-0.39, 0.29) is 0 Å². The van der Waals surface area contributed by atoms with Gasteiger partial charge in [-0.2, -0.15) is 5.10 Å². The first kappa shape index (κ1) is 14.1. The number of nitrogens with zero attached hydrogens (tertiary/aromatic N) is 2. The highest BCUT2D eigenvalue weighted by Crippen LogP contribution is 2.42. The van der Waals surface area contributed by atoms with Gasteiger partial charge in [0.1, 0.15) is 18.1 Å². The second-order valence-electron chi connectivity index (χ2n) is 6.07. The molecule has 0 atom stereocenters. The first-order chi connectivity index (χ1) is 12.4. The molecule has 3 aromatic carbocycles. The largest absolute Gasteiger partial charge is 0.488 e. The van der Waals surface area contributed by atoms with Crippen LogP contribution in [0, 0.1) is 0 Å². The lowest BCUT2D eigenvalue weighted by Gasteiger charge is -2.19. The van der Waals surface area contributed by atoms with Crippen molar-refractivity contribution in [1.82, 2.24) is 9.78 Å². The summed E-state index contributed by atoms with van der Waals surface area (Å²) in [5.41, 5.74) is 6.48.